The van der Waals surface area contributed by atoms with Gasteiger partial charge in [-0.25, -0.2) is 9.97 Å². The Balaban J connectivity index is 2.37. The highest BCUT2D eigenvalue weighted by Gasteiger charge is 2.34. The standard InChI is InChI=1S/C15H25N5O3/c1-4-20-11(5-6-21)15(23)19-12-13(16-8-17-14(12)20)18-10(7-22)9(2)3/h8-11,21-22H,4-7H2,1-3H3,(H,19,23)(H,16,17,18). The molecule has 0 aliphatic carbocycles. The normalized spacial score (nSPS) is 18.6. The van der Waals surface area contributed by atoms with Gasteiger partial charge in [0.2, 0.25) is 5.91 Å². The van der Waals surface area contributed by atoms with E-state index in [9.17, 15) is 15.0 Å². The van der Waals surface area contributed by atoms with Gasteiger partial charge >= 0.3 is 0 Å². The van der Waals surface area contributed by atoms with Crippen LogP contribution in [0.1, 0.15) is 27.2 Å². The fraction of sp³-hybridized carbons (Fsp3) is 0.667. The minimum absolute atomic E-state index is 0.0327. The second-order valence-electron chi connectivity index (χ2n) is 5.90. The summed E-state index contributed by atoms with van der Waals surface area (Å²) in [4.78, 5) is 22.7. The lowest BCUT2D eigenvalue weighted by atomic mass is 10.0. The molecular weight excluding hydrogens is 298 g/mol. The van der Waals surface area contributed by atoms with Gasteiger partial charge in [-0.05, 0) is 19.3 Å². The molecule has 0 spiro atoms. The predicted molar refractivity (Wildman–Crippen MR) is 88.5 cm³/mol. The zero-order valence-electron chi connectivity index (χ0n) is 13.8. The second kappa shape index (κ2) is 7.56. The molecule has 1 aliphatic heterocycles. The second-order valence-corrected chi connectivity index (χ2v) is 5.90. The molecule has 1 aliphatic rings. The minimum atomic E-state index is -0.445. The molecule has 0 saturated heterocycles. The van der Waals surface area contributed by atoms with Crippen molar-refractivity contribution in [1.29, 1.82) is 0 Å². The first kappa shape index (κ1) is 17.4. The molecule has 8 heteroatoms. The van der Waals surface area contributed by atoms with E-state index in [-0.39, 0.29) is 31.1 Å². The lowest BCUT2D eigenvalue weighted by Gasteiger charge is -2.36. The number of aromatic nitrogens is 2. The number of hydrogen-bond donors (Lipinski definition) is 4. The van der Waals surface area contributed by atoms with Crippen molar-refractivity contribution < 1.29 is 15.0 Å². The van der Waals surface area contributed by atoms with Crippen LogP contribution in [0.2, 0.25) is 0 Å². The fourth-order valence-electron chi connectivity index (χ4n) is 2.69. The third-order valence-electron chi connectivity index (χ3n) is 4.09. The van der Waals surface area contributed by atoms with Gasteiger partial charge in [-0.2, -0.15) is 0 Å². The van der Waals surface area contributed by atoms with E-state index in [2.05, 4.69) is 20.6 Å². The molecule has 2 heterocycles. The first-order valence-electron chi connectivity index (χ1n) is 7.94. The van der Waals surface area contributed by atoms with E-state index in [0.717, 1.165) is 0 Å². The number of rotatable bonds is 7. The Morgan fingerprint density at radius 3 is 2.70 bits per heavy atom. The van der Waals surface area contributed by atoms with Gasteiger partial charge in [0.15, 0.2) is 11.6 Å². The van der Waals surface area contributed by atoms with Crippen LogP contribution in [-0.4, -0.2) is 57.9 Å². The van der Waals surface area contributed by atoms with Crippen molar-refractivity contribution in [2.75, 3.05) is 35.3 Å². The molecule has 8 nitrogen and oxygen atoms in total. The highest BCUT2D eigenvalue weighted by Crippen LogP contribution is 2.35. The third kappa shape index (κ3) is 3.53. The molecule has 0 fully saturated rings. The number of aliphatic hydroxyl groups excluding tert-OH is 2. The van der Waals surface area contributed by atoms with E-state index in [1.807, 2.05) is 25.7 Å². The van der Waals surface area contributed by atoms with Gasteiger partial charge in [0, 0.05) is 13.2 Å². The molecule has 23 heavy (non-hydrogen) atoms. The lowest BCUT2D eigenvalue weighted by molar-refractivity contribution is -0.118. The summed E-state index contributed by atoms with van der Waals surface area (Å²) < 4.78 is 0. The number of likely N-dealkylation sites (N-methyl/N-ethyl adjacent to an activating group) is 1. The first-order valence-corrected chi connectivity index (χ1v) is 7.94. The number of nitrogens with zero attached hydrogens (tertiary/aromatic N) is 3. The summed E-state index contributed by atoms with van der Waals surface area (Å²) in [6.45, 7) is 6.42. The number of anilines is 3. The SMILES string of the molecule is CCN1c2ncnc(NC(CO)C(C)C)c2NC(=O)C1CCO. The summed E-state index contributed by atoms with van der Waals surface area (Å²) in [6.07, 6.45) is 1.78. The molecule has 2 unspecified atom stereocenters. The first-order chi connectivity index (χ1) is 11.0. The van der Waals surface area contributed by atoms with E-state index in [1.54, 1.807) is 0 Å². The van der Waals surface area contributed by atoms with Crippen molar-refractivity contribution in [3.63, 3.8) is 0 Å². The molecule has 1 amide bonds. The van der Waals surface area contributed by atoms with E-state index < -0.39 is 6.04 Å². The van der Waals surface area contributed by atoms with Crippen molar-refractivity contribution in [2.45, 2.75) is 39.3 Å². The molecule has 0 aromatic carbocycles. The molecule has 0 bridgehead atoms. The van der Waals surface area contributed by atoms with E-state index in [0.29, 0.717) is 30.3 Å². The third-order valence-corrected chi connectivity index (χ3v) is 4.09. The van der Waals surface area contributed by atoms with Gasteiger partial charge in [0.25, 0.3) is 0 Å². The van der Waals surface area contributed by atoms with Crippen LogP contribution in [0.25, 0.3) is 0 Å². The van der Waals surface area contributed by atoms with Crippen LogP contribution in [0, 0.1) is 5.92 Å². The van der Waals surface area contributed by atoms with Crippen molar-refractivity contribution in [1.82, 2.24) is 9.97 Å². The fourth-order valence-corrected chi connectivity index (χ4v) is 2.69. The lowest BCUT2D eigenvalue weighted by Crippen LogP contribution is -2.49. The van der Waals surface area contributed by atoms with Gasteiger partial charge in [-0.1, -0.05) is 13.8 Å². The van der Waals surface area contributed by atoms with Gasteiger partial charge in [0.1, 0.15) is 18.1 Å². The number of aliphatic hydroxyl groups is 2. The number of carbonyl (C=O) groups is 1. The quantitative estimate of drug-likeness (QED) is 0.576. The highest BCUT2D eigenvalue weighted by molar-refractivity contribution is 6.05. The number of amides is 1. The van der Waals surface area contributed by atoms with Crippen molar-refractivity contribution in [2.24, 2.45) is 5.92 Å². The highest BCUT2D eigenvalue weighted by atomic mass is 16.3. The molecule has 4 N–H and O–H groups in total. The smallest absolute Gasteiger partial charge is 0.247 e. The largest absolute Gasteiger partial charge is 0.396 e. The van der Waals surface area contributed by atoms with Gasteiger partial charge in [-0.3, -0.25) is 4.79 Å². The van der Waals surface area contributed by atoms with Crippen LogP contribution in [0.4, 0.5) is 17.3 Å². The monoisotopic (exact) mass is 323 g/mol. The van der Waals surface area contributed by atoms with Crippen LogP contribution < -0.4 is 15.5 Å². The van der Waals surface area contributed by atoms with Crippen LogP contribution in [0.15, 0.2) is 6.33 Å². The summed E-state index contributed by atoms with van der Waals surface area (Å²) in [5, 5.41) is 24.7. The van der Waals surface area contributed by atoms with Crippen LogP contribution in [0.3, 0.4) is 0 Å². The molecule has 0 saturated carbocycles. The molecule has 2 atom stereocenters. The molecular formula is C15H25N5O3. The van der Waals surface area contributed by atoms with Crippen LogP contribution in [0.5, 0.6) is 0 Å². The van der Waals surface area contributed by atoms with Crippen molar-refractivity contribution in [3.05, 3.63) is 6.33 Å². The van der Waals surface area contributed by atoms with E-state index >= 15 is 0 Å². The Morgan fingerprint density at radius 1 is 1.39 bits per heavy atom. The van der Waals surface area contributed by atoms with Crippen molar-refractivity contribution >= 4 is 23.2 Å². The van der Waals surface area contributed by atoms with Crippen LogP contribution in [-0.2, 0) is 4.79 Å². The Kier molecular flexibility index (Phi) is 5.73. The Morgan fingerprint density at radius 2 is 2.13 bits per heavy atom. The summed E-state index contributed by atoms with van der Waals surface area (Å²) in [5.74, 6) is 1.14. The number of hydrogen-bond acceptors (Lipinski definition) is 7. The average Bonchev–Trinajstić information content (AvgIpc) is 2.53. The maximum atomic E-state index is 12.4. The zero-order chi connectivity index (χ0) is 17.0. The zero-order valence-corrected chi connectivity index (χ0v) is 13.8. The van der Waals surface area contributed by atoms with Gasteiger partial charge < -0.3 is 25.7 Å². The number of nitrogens with one attached hydrogen (secondary N) is 2. The molecule has 1 aromatic heterocycles. The average molecular weight is 323 g/mol. The van der Waals surface area contributed by atoms with Crippen LogP contribution >= 0.6 is 0 Å². The minimum Gasteiger partial charge on any atom is -0.396 e. The maximum absolute atomic E-state index is 12.4. The Labute approximate surface area is 135 Å². The number of fused-ring (bicyclic) bond motifs is 1. The molecule has 2 rings (SSSR count). The summed E-state index contributed by atoms with van der Waals surface area (Å²) >= 11 is 0. The maximum Gasteiger partial charge on any atom is 0.247 e. The van der Waals surface area contributed by atoms with Gasteiger partial charge in [-0.15, -0.1) is 0 Å². The predicted octanol–water partition coefficient (Wildman–Crippen LogP) is 0.435. The number of carbonyl (C=O) groups excluding carboxylic acids is 1. The Hall–Kier alpha value is -1.93. The summed E-state index contributed by atoms with van der Waals surface area (Å²) in [5.41, 5.74) is 0.521. The topological polar surface area (TPSA) is 111 Å². The van der Waals surface area contributed by atoms with E-state index in [4.69, 9.17) is 0 Å². The molecule has 128 valence electrons. The van der Waals surface area contributed by atoms with E-state index in [1.165, 1.54) is 6.33 Å². The van der Waals surface area contributed by atoms with Crippen molar-refractivity contribution in [3.8, 4) is 0 Å². The molecule has 1 aromatic rings. The molecule has 0 radical (unpaired) electrons. The van der Waals surface area contributed by atoms with Gasteiger partial charge in [0.05, 0.1) is 12.6 Å². The Bertz CT molecular complexity index is 552. The summed E-state index contributed by atoms with van der Waals surface area (Å²) in [6, 6.07) is -0.616. The summed E-state index contributed by atoms with van der Waals surface area (Å²) in [7, 11) is 0.